The van der Waals surface area contributed by atoms with Crippen molar-refractivity contribution in [2.24, 2.45) is 0 Å². The molecule has 0 saturated carbocycles. The van der Waals surface area contributed by atoms with Gasteiger partial charge in [0.05, 0.1) is 7.11 Å². The van der Waals surface area contributed by atoms with Crippen molar-refractivity contribution in [1.82, 2.24) is 9.97 Å². The van der Waals surface area contributed by atoms with Crippen LogP contribution in [0.3, 0.4) is 0 Å². The molecule has 0 fully saturated rings. The van der Waals surface area contributed by atoms with E-state index in [9.17, 15) is 4.79 Å². The van der Waals surface area contributed by atoms with Crippen molar-refractivity contribution in [1.29, 1.82) is 0 Å². The highest BCUT2D eigenvalue weighted by Crippen LogP contribution is 2.22. The number of hydrogen-bond donors (Lipinski definition) is 1. The summed E-state index contributed by atoms with van der Waals surface area (Å²) in [5, 5.41) is 8.47. The molecular weight excluding hydrogens is 184 g/mol. The van der Waals surface area contributed by atoms with Crippen LogP contribution in [0.1, 0.15) is 10.5 Å². The smallest absolute Gasteiger partial charge is 0.356 e. The second kappa shape index (κ2) is 3.36. The molecule has 0 aromatic carbocycles. The van der Waals surface area contributed by atoms with Crippen molar-refractivity contribution in [3.05, 3.63) is 17.0 Å². The van der Waals surface area contributed by atoms with Crippen LogP contribution in [0.2, 0.25) is 5.02 Å². The number of ether oxygens (including phenoxy) is 1. The van der Waals surface area contributed by atoms with Crippen LogP contribution in [0.4, 0.5) is 0 Å². The lowest BCUT2D eigenvalue weighted by atomic mass is 10.4. The number of carboxylic acids is 1. The maximum atomic E-state index is 10.5. The lowest BCUT2D eigenvalue weighted by molar-refractivity contribution is 0.0690. The normalized spacial score (nSPS) is 9.50. The summed E-state index contributed by atoms with van der Waals surface area (Å²) in [6, 6.07) is 0. The lowest BCUT2D eigenvalue weighted by Gasteiger charge is -2.01. The van der Waals surface area contributed by atoms with Gasteiger partial charge in [0.1, 0.15) is 11.3 Å². The monoisotopic (exact) mass is 188 g/mol. The van der Waals surface area contributed by atoms with Crippen molar-refractivity contribution < 1.29 is 14.6 Å². The third-order valence-corrected chi connectivity index (χ3v) is 1.49. The molecule has 0 atom stereocenters. The SMILES string of the molecule is COc1ncnc(C(=O)O)c1Cl. The second-order valence-electron chi connectivity index (χ2n) is 1.85. The molecule has 12 heavy (non-hydrogen) atoms. The van der Waals surface area contributed by atoms with Crippen molar-refractivity contribution in [3.63, 3.8) is 0 Å². The zero-order valence-corrected chi connectivity index (χ0v) is 6.87. The Balaban J connectivity index is 3.23. The number of rotatable bonds is 2. The van der Waals surface area contributed by atoms with E-state index in [-0.39, 0.29) is 16.6 Å². The Morgan fingerprint density at radius 2 is 2.33 bits per heavy atom. The zero-order chi connectivity index (χ0) is 9.14. The molecule has 0 bridgehead atoms. The fourth-order valence-corrected chi connectivity index (χ4v) is 0.901. The molecule has 1 aromatic rings. The number of aromatic nitrogens is 2. The van der Waals surface area contributed by atoms with Gasteiger partial charge in [-0.25, -0.2) is 14.8 Å². The van der Waals surface area contributed by atoms with Crippen LogP contribution in [0.25, 0.3) is 0 Å². The molecule has 0 radical (unpaired) electrons. The molecule has 1 rings (SSSR count). The first kappa shape index (κ1) is 8.73. The minimum Gasteiger partial charge on any atom is -0.480 e. The molecule has 0 saturated heterocycles. The highest BCUT2D eigenvalue weighted by Gasteiger charge is 2.14. The number of methoxy groups -OCH3 is 1. The number of nitrogens with zero attached hydrogens (tertiary/aromatic N) is 2. The van der Waals surface area contributed by atoms with Gasteiger partial charge in [0, 0.05) is 0 Å². The standard InChI is InChI=1S/C6H5ClN2O3/c1-12-5-3(7)4(6(10)11)8-2-9-5/h2H,1H3,(H,10,11). The lowest BCUT2D eigenvalue weighted by Crippen LogP contribution is -2.03. The predicted molar refractivity (Wildman–Crippen MR) is 40.6 cm³/mol. The summed E-state index contributed by atoms with van der Waals surface area (Å²) in [4.78, 5) is 17.5. The maximum absolute atomic E-state index is 10.5. The number of hydrogen-bond acceptors (Lipinski definition) is 4. The Kier molecular flexibility index (Phi) is 2.44. The molecule has 64 valence electrons. The highest BCUT2D eigenvalue weighted by molar-refractivity contribution is 6.34. The first-order valence-electron chi connectivity index (χ1n) is 2.94. The maximum Gasteiger partial charge on any atom is 0.356 e. The second-order valence-corrected chi connectivity index (χ2v) is 2.23. The quantitative estimate of drug-likeness (QED) is 0.745. The van der Waals surface area contributed by atoms with Crippen LogP contribution in [0.15, 0.2) is 6.33 Å². The van der Waals surface area contributed by atoms with Crippen LogP contribution in [-0.4, -0.2) is 28.2 Å². The molecule has 1 aromatic heterocycles. The summed E-state index contributed by atoms with van der Waals surface area (Å²) in [6.07, 6.45) is 1.08. The van der Waals surface area contributed by atoms with E-state index in [1.807, 2.05) is 0 Å². The Hall–Kier alpha value is -1.36. The molecule has 0 amide bonds. The van der Waals surface area contributed by atoms with Gasteiger partial charge in [-0.05, 0) is 0 Å². The first-order valence-corrected chi connectivity index (χ1v) is 3.32. The largest absolute Gasteiger partial charge is 0.480 e. The Bertz CT molecular complexity index is 316. The van der Waals surface area contributed by atoms with Gasteiger partial charge in [0.25, 0.3) is 0 Å². The number of halogens is 1. The van der Waals surface area contributed by atoms with E-state index in [1.54, 1.807) is 0 Å². The van der Waals surface area contributed by atoms with Crippen molar-refractivity contribution >= 4 is 17.6 Å². The molecule has 0 aliphatic carbocycles. The van der Waals surface area contributed by atoms with E-state index in [4.69, 9.17) is 16.7 Å². The minimum absolute atomic E-state index is 0.0593. The molecular formula is C6H5ClN2O3. The van der Waals surface area contributed by atoms with Gasteiger partial charge in [-0.1, -0.05) is 11.6 Å². The fraction of sp³-hybridized carbons (Fsp3) is 0.167. The van der Waals surface area contributed by atoms with E-state index in [0.717, 1.165) is 6.33 Å². The zero-order valence-electron chi connectivity index (χ0n) is 6.11. The molecule has 6 heteroatoms. The first-order chi connectivity index (χ1) is 5.66. The van der Waals surface area contributed by atoms with Crippen molar-refractivity contribution in [2.45, 2.75) is 0 Å². The van der Waals surface area contributed by atoms with E-state index in [0.29, 0.717) is 0 Å². The highest BCUT2D eigenvalue weighted by atomic mass is 35.5. The Morgan fingerprint density at radius 1 is 1.67 bits per heavy atom. The third kappa shape index (κ3) is 1.45. The molecule has 1 N–H and O–H groups in total. The summed E-state index contributed by atoms with van der Waals surface area (Å²) in [6.45, 7) is 0. The molecule has 0 spiro atoms. The van der Waals surface area contributed by atoms with E-state index in [1.165, 1.54) is 7.11 Å². The van der Waals surface area contributed by atoms with Crippen LogP contribution in [0.5, 0.6) is 5.88 Å². The third-order valence-electron chi connectivity index (χ3n) is 1.15. The number of carbonyl (C=O) groups is 1. The Morgan fingerprint density at radius 3 is 2.83 bits per heavy atom. The fourth-order valence-electron chi connectivity index (χ4n) is 0.645. The average Bonchev–Trinajstić information content (AvgIpc) is 2.04. The summed E-state index contributed by atoms with van der Waals surface area (Å²) in [5.41, 5.74) is -0.261. The molecule has 1 heterocycles. The molecule has 0 aliphatic heterocycles. The number of aromatic carboxylic acids is 1. The van der Waals surface area contributed by atoms with Gasteiger partial charge in [0.15, 0.2) is 5.69 Å². The van der Waals surface area contributed by atoms with Crippen molar-refractivity contribution in [3.8, 4) is 5.88 Å². The summed E-state index contributed by atoms with van der Waals surface area (Å²) >= 11 is 5.57. The van der Waals surface area contributed by atoms with Gasteiger partial charge >= 0.3 is 5.97 Å². The van der Waals surface area contributed by atoms with Crippen LogP contribution in [0, 0.1) is 0 Å². The molecule has 5 nitrogen and oxygen atoms in total. The van der Waals surface area contributed by atoms with Gasteiger partial charge < -0.3 is 9.84 Å². The van der Waals surface area contributed by atoms with Crippen LogP contribution in [-0.2, 0) is 0 Å². The van der Waals surface area contributed by atoms with Gasteiger partial charge in [-0.3, -0.25) is 0 Å². The number of carboxylic acid groups (broad SMARTS) is 1. The van der Waals surface area contributed by atoms with Gasteiger partial charge in [-0.2, -0.15) is 0 Å². The van der Waals surface area contributed by atoms with Gasteiger partial charge in [0.2, 0.25) is 5.88 Å². The van der Waals surface area contributed by atoms with Crippen LogP contribution >= 0.6 is 11.6 Å². The molecule has 0 unspecified atom stereocenters. The predicted octanol–water partition coefficient (Wildman–Crippen LogP) is 0.837. The molecule has 0 aliphatic rings. The van der Waals surface area contributed by atoms with E-state index < -0.39 is 5.97 Å². The summed E-state index contributed by atoms with van der Waals surface area (Å²) in [5.74, 6) is -1.15. The van der Waals surface area contributed by atoms with Crippen molar-refractivity contribution in [2.75, 3.05) is 7.11 Å². The van der Waals surface area contributed by atoms with Gasteiger partial charge in [-0.15, -0.1) is 0 Å². The van der Waals surface area contributed by atoms with E-state index in [2.05, 4.69) is 14.7 Å². The summed E-state index contributed by atoms with van der Waals surface area (Å²) < 4.78 is 4.69. The topological polar surface area (TPSA) is 72.3 Å². The average molecular weight is 189 g/mol. The summed E-state index contributed by atoms with van der Waals surface area (Å²) in [7, 11) is 1.35. The minimum atomic E-state index is -1.21. The Labute approximate surface area is 73.0 Å². The van der Waals surface area contributed by atoms with Crippen LogP contribution < -0.4 is 4.74 Å². The van der Waals surface area contributed by atoms with E-state index >= 15 is 0 Å².